The molecule has 0 aliphatic carbocycles. The second-order valence-electron chi connectivity index (χ2n) is 4.91. The van der Waals surface area contributed by atoms with Crippen molar-refractivity contribution in [2.75, 3.05) is 0 Å². The standard InChI is InChI=1S/C16H26O/c1-13(2)9-7-11-15(5)17-16(6)12-8-10-14(3)4/h7-14H,1-6H3. The first-order valence-electron chi connectivity index (χ1n) is 6.29. The number of ether oxygens (including phenoxy) is 1. The van der Waals surface area contributed by atoms with Crippen LogP contribution in [0.5, 0.6) is 0 Å². The lowest BCUT2D eigenvalue weighted by Crippen LogP contribution is -1.85. The van der Waals surface area contributed by atoms with Crippen molar-refractivity contribution in [3.05, 3.63) is 48.0 Å². The lowest BCUT2D eigenvalue weighted by molar-refractivity contribution is 0.309. The van der Waals surface area contributed by atoms with Crippen molar-refractivity contribution in [3.63, 3.8) is 0 Å². The summed E-state index contributed by atoms with van der Waals surface area (Å²) in [6, 6.07) is 0. The fourth-order valence-electron chi connectivity index (χ4n) is 1.15. The quantitative estimate of drug-likeness (QED) is 0.451. The maximum atomic E-state index is 5.63. The van der Waals surface area contributed by atoms with E-state index in [1.807, 2.05) is 38.2 Å². The Balaban J connectivity index is 4.24. The molecule has 1 nitrogen and oxygen atoms in total. The molecule has 96 valence electrons. The molecule has 0 atom stereocenters. The van der Waals surface area contributed by atoms with Crippen LogP contribution in [0.2, 0.25) is 0 Å². The van der Waals surface area contributed by atoms with Crippen molar-refractivity contribution < 1.29 is 4.74 Å². The van der Waals surface area contributed by atoms with Crippen LogP contribution in [0.1, 0.15) is 41.5 Å². The zero-order chi connectivity index (χ0) is 13.3. The molecule has 0 heterocycles. The van der Waals surface area contributed by atoms with Gasteiger partial charge in [-0.05, 0) is 37.8 Å². The van der Waals surface area contributed by atoms with E-state index >= 15 is 0 Å². The molecule has 0 bridgehead atoms. The second kappa shape index (κ2) is 8.86. The highest BCUT2D eigenvalue weighted by molar-refractivity contribution is 5.11. The van der Waals surface area contributed by atoms with E-state index in [9.17, 15) is 0 Å². The monoisotopic (exact) mass is 234 g/mol. The van der Waals surface area contributed by atoms with Crippen molar-refractivity contribution in [1.82, 2.24) is 0 Å². The summed E-state index contributed by atoms with van der Waals surface area (Å²) in [6.07, 6.45) is 12.3. The molecule has 0 N–H and O–H groups in total. The van der Waals surface area contributed by atoms with Gasteiger partial charge in [-0.1, -0.05) is 52.0 Å². The number of hydrogen-bond acceptors (Lipinski definition) is 1. The molecule has 0 amide bonds. The van der Waals surface area contributed by atoms with Crippen LogP contribution in [-0.2, 0) is 4.74 Å². The Labute approximate surface area is 107 Å². The van der Waals surface area contributed by atoms with Crippen molar-refractivity contribution in [3.8, 4) is 0 Å². The minimum absolute atomic E-state index is 0.574. The molecule has 0 aromatic heterocycles. The molecular weight excluding hydrogens is 208 g/mol. The van der Waals surface area contributed by atoms with Crippen LogP contribution in [0, 0.1) is 11.8 Å². The first-order chi connectivity index (χ1) is 7.91. The molecular formula is C16H26O. The van der Waals surface area contributed by atoms with E-state index in [1.54, 1.807) is 0 Å². The van der Waals surface area contributed by atoms with Gasteiger partial charge < -0.3 is 4.74 Å². The topological polar surface area (TPSA) is 9.23 Å². The number of hydrogen-bond donors (Lipinski definition) is 0. The van der Waals surface area contributed by atoms with E-state index in [-0.39, 0.29) is 0 Å². The molecule has 1 heteroatoms. The molecule has 0 rings (SSSR count). The number of allylic oxidation sites excluding steroid dienone is 8. The smallest absolute Gasteiger partial charge is 0.100 e. The summed E-state index contributed by atoms with van der Waals surface area (Å²) in [6.45, 7) is 12.6. The second-order valence-corrected chi connectivity index (χ2v) is 4.91. The van der Waals surface area contributed by atoms with E-state index < -0.39 is 0 Å². The molecule has 0 spiro atoms. The van der Waals surface area contributed by atoms with Gasteiger partial charge in [0.05, 0.1) is 0 Å². The Kier molecular flexibility index (Phi) is 8.21. The van der Waals surface area contributed by atoms with Crippen molar-refractivity contribution in [1.29, 1.82) is 0 Å². The lowest BCUT2D eigenvalue weighted by Gasteiger charge is -2.04. The molecule has 17 heavy (non-hydrogen) atoms. The predicted molar refractivity (Wildman–Crippen MR) is 76.6 cm³/mol. The Bertz CT molecular complexity index is 282. The minimum Gasteiger partial charge on any atom is -0.467 e. The minimum atomic E-state index is 0.574. The number of rotatable bonds is 6. The molecule has 0 fully saturated rings. The molecule has 0 aromatic rings. The summed E-state index contributed by atoms with van der Waals surface area (Å²) >= 11 is 0. The largest absolute Gasteiger partial charge is 0.467 e. The molecule has 0 aliphatic heterocycles. The van der Waals surface area contributed by atoms with Crippen LogP contribution in [0.15, 0.2) is 48.0 Å². The van der Waals surface area contributed by atoms with Gasteiger partial charge in [0, 0.05) is 0 Å². The zero-order valence-electron chi connectivity index (χ0n) is 12.0. The summed E-state index contributed by atoms with van der Waals surface area (Å²) in [5.74, 6) is 2.97. The third-order valence-electron chi connectivity index (χ3n) is 1.98. The average Bonchev–Trinajstić information content (AvgIpc) is 2.15. The van der Waals surface area contributed by atoms with Gasteiger partial charge in [-0.2, -0.15) is 0 Å². The Morgan fingerprint density at radius 2 is 1.12 bits per heavy atom. The normalized spacial score (nSPS) is 14.6. The van der Waals surface area contributed by atoms with Gasteiger partial charge in [0.25, 0.3) is 0 Å². The van der Waals surface area contributed by atoms with Crippen LogP contribution in [-0.4, -0.2) is 0 Å². The lowest BCUT2D eigenvalue weighted by atomic mass is 10.2. The first kappa shape index (κ1) is 15.8. The van der Waals surface area contributed by atoms with Crippen LogP contribution in [0.3, 0.4) is 0 Å². The SMILES string of the molecule is CC(=CC=CC(C)C)OC(C)=CC=CC(C)C. The van der Waals surface area contributed by atoms with Gasteiger partial charge in [-0.15, -0.1) is 0 Å². The molecule has 0 radical (unpaired) electrons. The highest BCUT2D eigenvalue weighted by Gasteiger charge is 1.90. The zero-order valence-corrected chi connectivity index (χ0v) is 12.0. The van der Waals surface area contributed by atoms with E-state index in [2.05, 4.69) is 39.8 Å². The highest BCUT2D eigenvalue weighted by atomic mass is 16.5. The third kappa shape index (κ3) is 11.0. The average molecular weight is 234 g/mol. The van der Waals surface area contributed by atoms with Crippen molar-refractivity contribution in [2.45, 2.75) is 41.5 Å². The van der Waals surface area contributed by atoms with E-state index in [1.165, 1.54) is 0 Å². The molecule has 0 aliphatic rings. The Hall–Kier alpha value is -1.24. The Morgan fingerprint density at radius 1 is 0.765 bits per heavy atom. The fraction of sp³-hybridized carbons (Fsp3) is 0.500. The summed E-state index contributed by atoms with van der Waals surface area (Å²) < 4.78 is 5.63. The van der Waals surface area contributed by atoms with E-state index in [0.29, 0.717) is 11.8 Å². The van der Waals surface area contributed by atoms with Crippen LogP contribution < -0.4 is 0 Å². The maximum absolute atomic E-state index is 5.63. The highest BCUT2D eigenvalue weighted by Crippen LogP contribution is 2.06. The first-order valence-corrected chi connectivity index (χ1v) is 6.29. The van der Waals surface area contributed by atoms with Crippen LogP contribution in [0.25, 0.3) is 0 Å². The summed E-state index contributed by atoms with van der Waals surface area (Å²) in [5, 5.41) is 0. The van der Waals surface area contributed by atoms with Crippen LogP contribution >= 0.6 is 0 Å². The fourth-order valence-corrected chi connectivity index (χ4v) is 1.15. The van der Waals surface area contributed by atoms with Gasteiger partial charge in [0.1, 0.15) is 11.5 Å². The van der Waals surface area contributed by atoms with Gasteiger partial charge in [0.15, 0.2) is 0 Å². The molecule has 0 saturated heterocycles. The third-order valence-corrected chi connectivity index (χ3v) is 1.98. The van der Waals surface area contributed by atoms with Crippen LogP contribution in [0.4, 0.5) is 0 Å². The summed E-state index contributed by atoms with van der Waals surface area (Å²) in [7, 11) is 0. The van der Waals surface area contributed by atoms with Gasteiger partial charge >= 0.3 is 0 Å². The Morgan fingerprint density at radius 3 is 1.41 bits per heavy atom. The van der Waals surface area contributed by atoms with E-state index in [4.69, 9.17) is 4.74 Å². The summed E-state index contributed by atoms with van der Waals surface area (Å²) in [4.78, 5) is 0. The predicted octanol–water partition coefficient (Wildman–Crippen LogP) is 5.24. The maximum Gasteiger partial charge on any atom is 0.100 e. The molecule has 0 saturated carbocycles. The molecule has 0 aromatic carbocycles. The van der Waals surface area contributed by atoms with Gasteiger partial charge in [0.2, 0.25) is 0 Å². The summed E-state index contributed by atoms with van der Waals surface area (Å²) in [5.41, 5.74) is 0. The van der Waals surface area contributed by atoms with Gasteiger partial charge in [-0.3, -0.25) is 0 Å². The van der Waals surface area contributed by atoms with Gasteiger partial charge in [-0.25, -0.2) is 0 Å². The van der Waals surface area contributed by atoms with Crippen molar-refractivity contribution >= 4 is 0 Å². The van der Waals surface area contributed by atoms with Crippen molar-refractivity contribution in [2.24, 2.45) is 11.8 Å². The van der Waals surface area contributed by atoms with E-state index in [0.717, 1.165) is 11.5 Å². The molecule has 0 unspecified atom stereocenters.